The van der Waals surface area contributed by atoms with E-state index in [0.29, 0.717) is 36.0 Å². The summed E-state index contributed by atoms with van der Waals surface area (Å²) in [6, 6.07) is 0. The zero-order valence-corrected chi connectivity index (χ0v) is 42.3. The van der Waals surface area contributed by atoms with Gasteiger partial charge in [0.15, 0.2) is 0 Å². The molecule has 61 heavy (non-hydrogen) atoms. The first-order chi connectivity index (χ1) is 29.7. The zero-order valence-electron chi connectivity index (χ0n) is 42.3. The van der Waals surface area contributed by atoms with Gasteiger partial charge in [-0.2, -0.15) is 0 Å². The molecule has 0 spiro atoms. The standard InChI is InChI=1S/C37H71NO3.C19H34O/c1-8-13-14-19-23-34(7)27-29-36(39)25-21-18-16-15-17-20-24-33(6)26-28-35(9-2)32-41-37(10-3)40-31-22-30-38(11-4)12-5;1-3-4-5-6-7-8-9-10-11-12-13-14-15-16-17-18-19(2)20/h10,34-35H,6,8-9,11-32H2,1-5,7H3;7-8,10-11H,3-6,9,12-18H2,1-2H3/b37-10+;8-7-,11-10-. The van der Waals surface area contributed by atoms with E-state index in [9.17, 15) is 9.59 Å². The van der Waals surface area contributed by atoms with Gasteiger partial charge in [0.25, 0.3) is 5.95 Å². The summed E-state index contributed by atoms with van der Waals surface area (Å²) < 4.78 is 11.9. The van der Waals surface area contributed by atoms with Gasteiger partial charge in [-0.25, -0.2) is 0 Å². The summed E-state index contributed by atoms with van der Waals surface area (Å²) in [5, 5.41) is 0. The first kappa shape index (κ1) is 60.9. The Morgan fingerprint density at radius 1 is 0.590 bits per heavy atom. The van der Waals surface area contributed by atoms with Gasteiger partial charge in [-0.05, 0) is 128 Å². The number of unbranched alkanes of at least 4 members (excludes halogenated alkanes) is 16. The van der Waals surface area contributed by atoms with Gasteiger partial charge in [0.1, 0.15) is 11.6 Å². The van der Waals surface area contributed by atoms with E-state index in [0.717, 1.165) is 103 Å². The van der Waals surface area contributed by atoms with Crippen LogP contribution in [0.25, 0.3) is 0 Å². The van der Waals surface area contributed by atoms with Crippen molar-refractivity contribution >= 4 is 11.6 Å². The highest BCUT2D eigenvalue weighted by Gasteiger charge is 2.11. The van der Waals surface area contributed by atoms with Crippen LogP contribution in [-0.2, 0) is 19.1 Å². The number of carbonyl (C=O) groups is 2. The maximum absolute atomic E-state index is 12.2. The molecular formula is C56H105NO4. The molecule has 2 atom stereocenters. The highest BCUT2D eigenvalue weighted by atomic mass is 16.7. The predicted molar refractivity (Wildman–Crippen MR) is 269 cm³/mol. The minimum absolute atomic E-state index is 0.329. The average Bonchev–Trinajstić information content (AvgIpc) is 3.26. The van der Waals surface area contributed by atoms with Crippen LogP contribution in [0, 0.1) is 11.8 Å². The smallest absolute Gasteiger partial charge is 0.274 e. The van der Waals surface area contributed by atoms with E-state index in [4.69, 9.17) is 9.47 Å². The fraction of sp³-hybridized carbons (Fsp3) is 0.821. The first-order valence-corrected chi connectivity index (χ1v) is 26.3. The number of ether oxygens (including phenoxy) is 2. The number of carbonyl (C=O) groups excluding carboxylic acids is 2. The molecule has 0 saturated carbocycles. The maximum atomic E-state index is 12.2. The molecule has 0 fully saturated rings. The second kappa shape index (κ2) is 48.9. The van der Waals surface area contributed by atoms with E-state index < -0.39 is 0 Å². The third kappa shape index (κ3) is 47.2. The third-order valence-corrected chi connectivity index (χ3v) is 12.1. The van der Waals surface area contributed by atoms with Crippen molar-refractivity contribution in [2.75, 3.05) is 32.8 Å². The largest absolute Gasteiger partial charge is 0.466 e. The summed E-state index contributed by atoms with van der Waals surface area (Å²) in [5.41, 5.74) is 1.38. The molecule has 0 N–H and O–H groups in total. The van der Waals surface area contributed by atoms with Gasteiger partial charge >= 0.3 is 0 Å². The molecule has 358 valence electrons. The number of Topliss-reactive ketones (excluding diaryl/α,β-unsaturated/α-hetero) is 2. The quantitative estimate of drug-likeness (QED) is 0.0347. The molecule has 0 aliphatic heterocycles. The highest BCUT2D eigenvalue weighted by molar-refractivity contribution is 5.78. The molecule has 0 heterocycles. The zero-order chi connectivity index (χ0) is 45.4. The number of hydrogen-bond acceptors (Lipinski definition) is 5. The van der Waals surface area contributed by atoms with Crippen molar-refractivity contribution in [3.8, 4) is 0 Å². The minimum atomic E-state index is 0.329. The molecule has 0 aliphatic rings. The summed E-state index contributed by atoms with van der Waals surface area (Å²) in [6.07, 6.45) is 47.7. The SMILES string of the molecule is C=C(CCCCCCCCC(=O)CCC(C)CCCCCC)CCC(CC)CO/C(=C/C)OCCCN(CC)CC.CCCCC/C=C\C/C=C\CCCCCCCC(C)=O. The van der Waals surface area contributed by atoms with E-state index in [-0.39, 0.29) is 0 Å². The van der Waals surface area contributed by atoms with Crippen LogP contribution in [0.4, 0.5) is 0 Å². The van der Waals surface area contributed by atoms with Crippen LogP contribution in [0.5, 0.6) is 0 Å². The second-order valence-corrected chi connectivity index (χ2v) is 18.0. The van der Waals surface area contributed by atoms with Crippen molar-refractivity contribution in [3.63, 3.8) is 0 Å². The number of ketones is 2. The lowest BCUT2D eigenvalue weighted by Crippen LogP contribution is -2.24. The van der Waals surface area contributed by atoms with Crippen LogP contribution in [-0.4, -0.2) is 49.3 Å². The van der Waals surface area contributed by atoms with Crippen LogP contribution in [0.1, 0.15) is 254 Å². The van der Waals surface area contributed by atoms with Gasteiger partial charge < -0.3 is 19.2 Å². The fourth-order valence-corrected chi connectivity index (χ4v) is 7.53. The van der Waals surface area contributed by atoms with E-state index >= 15 is 0 Å². The van der Waals surface area contributed by atoms with E-state index in [2.05, 4.69) is 77.3 Å². The highest BCUT2D eigenvalue weighted by Crippen LogP contribution is 2.21. The molecule has 2 unspecified atom stereocenters. The van der Waals surface area contributed by atoms with Crippen molar-refractivity contribution in [2.45, 2.75) is 254 Å². The second-order valence-electron chi connectivity index (χ2n) is 18.0. The summed E-state index contributed by atoms with van der Waals surface area (Å²) in [5.74, 6) is 2.73. The molecule has 0 saturated heterocycles. The Bertz CT molecular complexity index is 1060. The lowest BCUT2D eigenvalue weighted by Gasteiger charge is -2.20. The molecular weight excluding hydrogens is 751 g/mol. The number of hydrogen-bond donors (Lipinski definition) is 0. The third-order valence-electron chi connectivity index (χ3n) is 12.1. The molecule has 5 nitrogen and oxygen atoms in total. The van der Waals surface area contributed by atoms with Gasteiger partial charge in [0, 0.05) is 25.8 Å². The molecule has 0 aromatic rings. The van der Waals surface area contributed by atoms with Gasteiger partial charge in [-0.3, -0.25) is 4.79 Å². The van der Waals surface area contributed by atoms with Crippen molar-refractivity contribution in [1.82, 2.24) is 4.90 Å². The molecule has 0 aromatic carbocycles. The Balaban J connectivity index is 0. The lowest BCUT2D eigenvalue weighted by atomic mass is 9.95. The molecule has 0 aromatic heterocycles. The van der Waals surface area contributed by atoms with Crippen molar-refractivity contribution < 1.29 is 19.1 Å². The minimum Gasteiger partial charge on any atom is -0.466 e. The summed E-state index contributed by atoms with van der Waals surface area (Å²) >= 11 is 0. The molecule has 0 rings (SSSR count). The monoisotopic (exact) mass is 856 g/mol. The van der Waals surface area contributed by atoms with Crippen LogP contribution in [0.3, 0.4) is 0 Å². The lowest BCUT2D eigenvalue weighted by molar-refractivity contribution is -0.119. The summed E-state index contributed by atoms with van der Waals surface area (Å²) in [7, 11) is 0. The number of allylic oxidation sites excluding steroid dienone is 6. The summed E-state index contributed by atoms with van der Waals surface area (Å²) in [6.45, 7) is 26.2. The van der Waals surface area contributed by atoms with Crippen molar-refractivity contribution in [3.05, 3.63) is 48.5 Å². The van der Waals surface area contributed by atoms with Gasteiger partial charge in [-0.15, -0.1) is 0 Å². The maximum Gasteiger partial charge on any atom is 0.274 e. The van der Waals surface area contributed by atoms with E-state index in [1.165, 1.54) is 128 Å². The Morgan fingerprint density at radius 3 is 1.74 bits per heavy atom. The number of nitrogens with zero attached hydrogens (tertiary/aromatic N) is 1. The Kier molecular flexibility index (Phi) is 48.8. The first-order valence-electron chi connectivity index (χ1n) is 26.3. The number of rotatable bonds is 45. The van der Waals surface area contributed by atoms with Crippen LogP contribution >= 0.6 is 0 Å². The normalized spacial score (nSPS) is 12.8. The van der Waals surface area contributed by atoms with Crippen molar-refractivity contribution in [2.24, 2.45) is 11.8 Å². The van der Waals surface area contributed by atoms with E-state index in [1.807, 2.05) is 13.0 Å². The van der Waals surface area contributed by atoms with Crippen molar-refractivity contribution in [1.29, 1.82) is 0 Å². The molecule has 5 heteroatoms. The van der Waals surface area contributed by atoms with Crippen LogP contribution < -0.4 is 0 Å². The molecule has 0 radical (unpaired) electrons. The molecule has 0 amide bonds. The Labute approximate surface area is 381 Å². The fourth-order valence-electron chi connectivity index (χ4n) is 7.53. The van der Waals surface area contributed by atoms with Crippen LogP contribution in [0.15, 0.2) is 48.5 Å². The topological polar surface area (TPSA) is 55.8 Å². The molecule has 0 aliphatic carbocycles. The predicted octanol–water partition coefficient (Wildman–Crippen LogP) is 17.4. The Morgan fingerprint density at radius 2 is 1.15 bits per heavy atom. The average molecular weight is 856 g/mol. The van der Waals surface area contributed by atoms with Gasteiger partial charge in [0.05, 0.1) is 13.2 Å². The van der Waals surface area contributed by atoms with Gasteiger partial charge in [-0.1, -0.05) is 174 Å². The van der Waals surface area contributed by atoms with E-state index in [1.54, 1.807) is 6.92 Å². The molecule has 0 bridgehead atoms. The van der Waals surface area contributed by atoms with Crippen LogP contribution in [0.2, 0.25) is 0 Å². The van der Waals surface area contributed by atoms with Gasteiger partial charge in [0.2, 0.25) is 0 Å². The Hall–Kier alpha value is -2.14. The summed E-state index contributed by atoms with van der Waals surface area (Å²) in [4.78, 5) is 25.4.